The van der Waals surface area contributed by atoms with Crippen LogP contribution in [0.25, 0.3) is 0 Å². The van der Waals surface area contributed by atoms with Crippen LogP contribution >= 0.6 is 0 Å². The summed E-state index contributed by atoms with van der Waals surface area (Å²) in [5, 5.41) is 0. The molecule has 164 valence electrons. The van der Waals surface area contributed by atoms with Crippen molar-refractivity contribution in [3.8, 4) is 5.75 Å². The van der Waals surface area contributed by atoms with Crippen LogP contribution in [0, 0.1) is 12.8 Å². The van der Waals surface area contributed by atoms with Gasteiger partial charge in [0.05, 0.1) is 37.8 Å². The Morgan fingerprint density at radius 3 is 2.48 bits per heavy atom. The van der Waals surface area contributed by atoms with Gasteiger partial charge in [-0.05, 0) is 57.4 Å². The molecule has 29 heavy (non-hydrogen) atoms. The molecule has 0 saturated heterocycles. The predicted octanol–water partition coefficient (Wildman–Crippen LogP) is 2.56. The number of methoxy groups -OCH3 is 1. The average molecular weight is 427 g/mol. The molecule has 3 rings (SSSR count). The minimum absolute atomic E-state index is 0.107. The summed E-state index contributed by atoms with van der Waals surface area (Å²) in [6.07, 6.45) is 8.09. The number of fused-ring (bicyclic) bond motifs is 1. The van der Waals surface area contributed by atoms with Gasteiger partial charge >= 0.3 is 0 Å². The second kappa shape index (κ2) is 9.18. The number of nitrogens with zero attached hydrogens (tertiary/aromatic N) is 1. The standard InChI is InChI=1S/C21H34N2O5S/c1-5-15-6-8-16(9-7-15)28-13-19-17(22-29(4,25)26)10-11-18-20(27-3)12-14(2)21(24)23(18)19/h12,15-17,19,22H,5-11,13H2,1-4H3/t15?,16?,17-,19-/m0/s1. The first-order chi connectivity index (χ1) is 13.7. The molecular formula is C21H34N2O5S. The molecule has 1 N–H and O–H groups in total. The molecule has 0 amide bonds. The lowest BCUT2D eigenvalue weighted by Gasteiger charge is -2.37. The average Bonchev–Trinajstić information content (AvgIpc) is 2.68. The molecule has 0 bridgehead atoms. The highest BCUT2D eigenvalue weighted by molar-refractivity contribution is 7.88. The zero-order chi connectivity index (χ0) is 21.2. The lowest BCUT2D eigenvalue weighted by Crippen LogP contribution is -2.50. The molecule has 2 heterocycles. The van der Waals surface area contributed by atoms with E-state index in [1.807, 2.05) is 0 Å². The van der Waals surface area contributed by atoms with Crippen molar-refractivity contribution in [1.29, 1.82) is 0 Å². The van der Waals surface area contributed by atoms with E-state index in [1.165, 1.54) is 19.3 Å². The Balaban J connectivity index is 1.87. The van der Waals surface area contributed by atoms with Gasteiger partial charge in [0.1, 0.15) is 5.75 Å². The first kappa shape index (κ1) is 22.3. The number of hydrogen-bond donors (Lipinski definition) is 1. The second-order valence-corrected chi connectivity index (χ2v) is 10.3. The molecule has 2 aliphatic rings. The summed E-state index contributed by atoms with van der Waals surface area (Å²) in [6, 6.07) is 0.995. The van der Waals surface area contributed by atoms with Gasteiger partial charge in [0.15, 0.2) is 0 Å². The Labute approximate surface area is 173 Å². The SMILES string of the molecule is CCC1CCC(OC[C@H]2[C@@H](NS(C)(=O)=O)CCc3c(OC)cc(C)c(=O)n32)CC1. The summed E-state index contributed by atoms with van der Waals surface area (Å²) in [6.45, 7) is 4.30. The van der Waals surface area contributed by atoms with Crippen LogP contribution < -0.4 is 15.0 Å². The summed E-state index contributed by atoms with van der Waals surface area (Å²) >= 11 is 0. The summed E-state index contributed by atoms with van der Waals surface area (Å²) < 4.78 is 40.1. The number of aryl methyl sites for hydroxylation is 1. The van der Waals surface area contributed by atoms with Crippen LogP contribution in [0.2, 0.25) is 0 Å². The maximum Gasteiger partial charge on any atom is 0.254 e. The molecular weight excluding hydrogens is 392 g/mol. The molecule has 7 nitrogen and oxygen atoms in total. The fraction of sp³-hybridized carbons (Fsp3) is 0.762. The third-order valence-electron chi connectivity index (χ3n) is 6.43. The third kappa shape index (κ3) is 5.22. The largest absolute Gasteiger partial charge is 0.495 e. The van der Waals surface area contributed by atoms with Gasteiger partial charge in [-0.15, -0.1) is 0 Å². The lowest BCUT2D eigenvalue weighted by molar-refractivity contribution is -0.00710. The minimum Gasteiger partial charge on any atom is -0.495 e. The summed E-state index contributed by atoms with van der Waals surface area (Å²) in [4.78, 5) is 13.0. The Morgan fingerprint density at radius 1 is 1.21 bits per heavy atom. The van der Waals surface area contributed by atoms with Crippen LogP contribution in [-0.2, 0) is 21.2 Å². The van der Waals surface area contributed by atoms with E-state index in [4.69, 9.17) is 9.47 Å². The van der Waals surface area contributed by atoms with Crippen molar-refractivity contribution in [3.63, 3.8) is 0 Å². The van der Waals surface area contributed by atoms with Crippen LogP contribution in [0.15, 0.2) is 10.9 Å². The fourth-order valence-electron chi connectivity index (χ4n) is 4.75. The first-order valence-corrected chi connectivity index (χ1v) is 12.5. The molecule has 1 saturated carbocycles. The second-order valence-electron chi connectivity index (χ2n) is 8.50. The Bertz CT molecular complexity index is 872. The monoisotopic (exact) mass is 426 g/mol. The molecule has 1 aliphatic carbocycles. The van der Waals surface area contributed by atoms with Gasteiger partial charge < -0.3 is 14.0 Å². The third-order valence-corrected chi connectivity index (χ3v) is 7.16. The maximum absolute atomic E-state index is 13.0. The normalized spacial score (nSPS) is 27.4. The van der Waals surface area contributed by atoms with Gasteiger partial charge in [-0.25, -0.2) is 13.1 Å². The van der Waals surface area contributed by atoms with Gasteiger partial charge in [-0.2, -0.15) is 0 Å². The number of hydrogen-bond acceptors (Lipinski definition) is 5. The molecule has 0 unspecified atom stereocenters. The highest BCUT2D eigenvalue weighted by Gasteiger charge is 2.35. The van der Waals surface area contributed by atoms with Crippen LogP contribution in [0.1, 0.15) is 62.7 Å². The smallest absolute Gasteiger partial charge is 0.254 e. The van der Waals surface area contributed by atoms with Gasteiger partial charge in [0.2, 0.25) is 10.0 Å². The van der Waals surface area contributed by atoms with Crippen LogP contribution in [0.4, 0.5) is 0 Å². The molecule has 1 fully saturated rings. The fourth-order valence-corrected chi connectivity index (χ4v) is 5.58. The molecule has 1 aliphatic heterocycles. The quantitative estimate of drug-likeness (QED) is 0.724. The van der Waals surface area contributed by atoms with Crippen molar-refractivity contribution in [1.82, 2.24) is 9.29 Å². The van der Waals surface area contributed by atoms with Crippen LogP contribution in [0.3, 0.4) is 0 Å². The van der Waals surface area contributed by atoms with E-state index in [0.29, 0.717) is 30.8 Å². The molecule has 0 spiro atoms. The lowest BCUT2D eigenvalue weighted by atomic mass is 9.86. The highest BCUT2D eigenvalue weighted by atomic mass is 32.2. The molecule has 1 aromatic heterocycles. The van der Waals surface area contributed by atoms with E-state index in [-0.39, 0.29) is 17.7 Å². The number of rotatable bonds is 7. The van der Waals surface area contributed by atoms with Gasteiger partial charge in [-0.3, -0.25) is 4.79 Å². The van der Waals surface area contributed by atoms with Crippen molar-refractivity contribution in [2.75, 3.05) is 20.0 Å². The van der Waals surface area contributed by atoms with Gasteiger partial charge in [0.25, 0.3) is 5.56 Å². The Hall–Kier alpha value is -1.38. The molecule has 8 heteroatoms. The van der Waals surface area contributed by atoms with Crippen molar-refractivity contribution in [2.45, 2.75) is 77.0 Å². The zero-order valence-corrected chi connectivity index (χ0v) is 18.8. The number of aromatic nitrogens is 1. The van der Waals surface area contributed by atoms with Gasteiger partial charge in [-0.1, -0.05) is 13.3 Å². The van der Waals surface area contributed by atoms with Crippen LogP contribution in [0.5, 0.6) is 5.75 Å². The van der Waals surface area contributed by atoms with Crippen molar-refractivity contribution in [2.24, 2.45) is 5.92 Å². The van der Waals surface area contributed by atoms with E-state index < -0.39 is 16.1 Å². The number of sulfonamides is 1. The van der Waals surface area contributed by atoms with E-state index in [0.717, 1.165) is 30.7 Å². The Morgan fingerprint density at radius 2 is 1.90 bits per heavy atom. The van der Waals surface area contributed by atoms with E-state index in [9.17, 15) is 13.2 Å². The van der Waals surface area contributed by atoms with E-state index >= 15 is 0 Å². The molecule has 1 aromatic rings. The topological polar surface area (TPSA) is 86.6 Å². The number of pyridine rings is 1. The van der Waals surface area contributed by atoms with E-state index in [2.05, 4.69) is 11.6 Å². The summed E-state index contributed by atoms with van der Waals surface area (Å²) in [7, 11) is -1.81. The number of nitrogens with one attached hydrogen (secondary N) is 1. The highest BCUT2D eigenvalue weighted by Crippen LogP contribution is 2.33. The molecule has 0 radical (unpaired) electrons. The van der Waals surface area contributed by atoms with Crippen molar-refractivity contribution in [3.05, 3.63) is 27.7 Å². The van der Waals surface area contributed by atoms with Crippen molar-refractivity contribution < 1.29 is 17.9 Å². The maximum atomic E-state index is 13.0. The van der Waals surface area contributed by atoms with Gasteiger partial charge in [0, 0.05) is 11.6 Å². The first-order valence-electron chi connectivity index (χ1n) is 10.6. The molecule has 0 aromatic carbocycles. The van der Waals surface area contributed by atoms with Crippen LogP contribution in [-0.4, -0.2) is 45.1 Å². The minimum atomic E-state index is -3.40. The molecule has 2 atom stereocenters. The Kier molecular flexibility index (Phi) is 7.06. The summed E-state index contributed by atoms with van der Waals surface area (Å²) in [5.74, 6) is 1.45. The summed E-state index contributed by atoms with van der Waals surface area (Å²) in [5.41, 5.74) is 1.29. The predicted molar refractivity (Wildman–Crippen MR) is 113 cm³/mol. The number of ether oxygens (including phenoxy) is 2. The zero-order valence-electron chi connectivity index (χ0n) is 17.9. The van der Waals surface area contributed by atoms with Crippen molar-refractivity contribution >= 4 is 10.0 Å². The van der Waals surface area contributed by atoms with E-state index in [1.54, 1.807) is 24.7 Å².